The van der Waals surface area contributed by atoms with E-state index in [4.69, 9.17) is 9.47 Å². The average molecular weight is 275 g/mol. The number of carbonyl (C=O) groups excluding carboxylic acids is 1. The molecule has 108 valence electrons. The summed E-state index contributed by atoms with van der Waals surface area (Å²) in [7, 11) is 0. The van der Waals surface area contributed by atoms with Crippen LogP contribution in [0.1, 0.15) is 33.3 Å². The Morgan fingerprint density at radius 3 is 2.50 bits per heavy atom. The summed E-state index contributed by atoms with van der Waals surface area (Å²) < 4.78 is 10.6. The monoisotopic (exact) mass is 275 g/mol. The van der Waals surface area contributed by atoms with Gasteiger partial charge in [-0.3, -0.25) is 4.79 Å². The third kappa shape index (κ3) is 1.86. The van der Waals surface area contributed by atoms with Crippen molar-refractivity contribution in [3.05, 3.63) is 23.8 Å². The molecule has 4 nitrogen and oxygen atoms in total. The smallest absolute Gasteiger partial charge is 0.231 e. The zero-order chi connectivity index (χ0) is 14.5. The Hall–Kier alpha value is -1.71. The van der Waals surface area contributed by atoms with Gasteiger partial charge in [0, 0.05) is 12.5 Å². The lowest BCUT2D eigenvalue weighted by Crippen LogP contribution is -2.26. The van der Waals surface area contributed by atoms with Crippen LogP contribution in [0.15, 0.2) is 18.2 Å². The highest BCUT2D eigenvalue weighted by molar-refractivity contribution is 5.84. The molecule has 20 heavy (non-hydrogen) atoms. The minimum absolute atomic E-state index is 0.0754. The van der Waals surface area contributed by atoms with Crippen LogP contribution in [0.2, 0.25) is 0 Å². The van der Waals surface area contributed by atoms with Gasteiger partial charge in [-0.2, -0.15) is 0 Å². The second kappa shape index (κ2) is 4.14. The van der Waals surface area contributed by atoms with E-state index in [2.05, 4.69) is 33.0 Å². The lowest BCUT2D eigenvalue weighted by atomic mass is 10.0. The van der Waals surface area contributed by atoms with E-state index < -0.39 is 0 Å². The molecule has 1 aliphatic carbocycles. The van der Waals surface area contributed by atoms with E-state index in [1.54, 1.807) is 0 Å². The van der Waals surface area contributed by atoms with Crippen LogP contribution in [-0.4, -0.2) is 12.7 Å². The van der Waals surface area contributed by atoms with E-state index in [0.29, 0.717) is 6.54 Å². The van der Waals surface area contributed by atoms with Crippen molar-refractivity contribution in [2.45, 2.75) is 34.2 Å². The van der Waals surface area contributed by atoms with Gasteiger partial charge in [-0.05, 0) is 28.5 Å². The second-order valence-corrected chi connectivity index (χ2v) is 6.78. The maximum Gasteiger partial charge on any atom is 0.231 e. The summed E-state index contributed by atoms with van der Waals surface area (Å²) in [6.07, 6.45) is 0. The molecule has 1 N–H and O–H groups in total. The molecule has 0 aromatic heterocycles. The molecule has 3 rings (SSSR count). The molecule has 1 aromatic carbocycles. The van der Waals surface area contributed by atoms with E-state index in [1.807, 2.05) is 18.2 Å². The van der Waals surface area contributed by atoms with E-state index in [-0.39, 0.29) is 29.4 Å². The van der Waals surface area contributed by atoms with Crippen LogP contribution in [0.4, 0.5) is 0 Å². The molecule has 0 spiro atoms. The molecule has 1 amide bonds. The molecule has 0 bridgehead atoms. The number of ether oxygens (including phenoxy) is 2. The molecule has 0 unspecified atom stereocenters. The van der Waals surface area contributed by atoms with E-state index in [1.165, 1.54) is 0 Å². The van der Waals surface area contributed by atoms with E-state index in [0.717, 1.165) is 17.1 Å². The predicted octanol–water partition coefficient (Wildman–Crippen LogP) is 2.71. The van der Waals surface area contributed by atoms with Crippen LogP contribution in [0.25, 0.3) is 0 Å². The molecule has 4 heteroatoms. The summed E-state index contributed by atoms with van der Waals surface area (Å²) in [5.41, 5.74) is 1.18. The van der Waals surface area contributed by atoms with Gasteiger partial charge in [0.2, 0.25) is 12.7 Å². The largest absolute Gasteiger partial charge is 0.454 e. The van der Waals surface area contributed by atoms with Crippen LogP contribution in [0, 0.1) is 16.7 Å². The Balaban J connectivity index is 1.62. The number of fused-ring (bicyclic) bond motifs is 1. The van der Waals surface area contributed by atoms with Gasteiger partial charge in [-0.25, -0.2) is 0 Å². The number of hydrogen-bond acceptors (Lipinski definition) is 3. The number of rotatable bonds is 3. The van der Waals surface area contributed by atoms with Gasteiger partial charge in [0.25, 0.3) is 0 Å². The molecule has 2 aliphatic rings. The fraction of sp³-hybridized carbons (Fsp3) is 0.562. The summed E-state index contributed by atoms with van der Waals surface area (Å²) in [5.74, 6) is 1.75. The molecule has 1 aromatic rings. The molecule has 0 radical (unpaired) electrons. The highest BCUT2D eigenvalue weighted by Gasteiger charge is 2.68. The first-order chi connectivity index (χ1) is 9.34. The molecule has 1 saturated carbocycles. The van der Waals surface area contributed by atoms with Gasteiger partial charge in [-0.15, -0.1) is 0 Å². The van der Waals surface area contributed by atoms with Crippen LogP contribution in [-0.2, 0) is 11.3 Å². The Morgan fingerprint density at radius 2 is 1.85 bits per heavy atom. The minimum Gasteiger partial charge on any atom is -0.454 e. The number of nitrogens with one attached hydrogen (secondary N) is 1. The van der Waals surface area contributed by atoms with Crippen molar-refractivity contribution in [2.75, 3.05) is 6.79 Å². The SMILES string of the molecule is CC1(C)C(C(=O)NCc2ccc3c(c2)OCO3)C1(C)C. The molecule has 1 heterocycles. The van der Waals surface area contributed by atoms with Crippen molar-refractivity contribution in [1.82, 2.24) is 5.32 Å². The lowest BCUT2D eigenvalue weighted by molar-refractivity contribution is -0.123. The van der Waals surface area contributed by atoms with Gasteiger partial charge in [0.05, 0.1) is 0 Å². The van der Waals surface area contributed by atoms with Crippen molar-refractivity contribution in [3.8, 4) is 11.5 Å². The zero-order valence-electron chi connectivity index (χ0n) is 12.4. The highest BCUT2D eigenvalue weighted by Crippen LogP contribution is 2.68. The second-order valence-electron chi connectivity index (χ2n) is 6.78. The maximum absolute atomic E-state index is 12.3. The van der Waals surface area contributed by atoms with Crippen molar-refractivity contribution in [1.29, 1.82) is 0 Å². The Labute approximate surface area is 119 Å². The van der Waals surface area contributed by atoms with Gasteiger partial charge in [0.15, 0.2) is 11.5 Å². The minimum atomic E-state index is 0.0754. The van der Waals surface area contributed by atoms with Crippen molar-refractivity contribution < 1.29 is 14.3 Å². The number of hydrogen-bond donors (Lipinski definition) is 1. The molecular formula is C16H21NO3. The first-order valence-electron chi connectivity index (χ1n) is 7.00. The van der Waals surface area contributed by atoms with Gasteiger partial charge >= 0.3 is 0 Å². The molecule has 1 fully saturated rings. The quantitative estimate of drug-likeness (QED) is 0.922. The van der Waals surface area contributed by atoms with Crippen LogP contribution in [0.3, 0.4) is 0 Å². The van der Waals surface area contributed by atoms with Crippen LogP contribution >= 0.6 is 0 Å². The van der Waals surface area contributed by atoms with Crippen molar-refractivity contribution >= 4 is 5.91 Å². The molecular weight excluding hydrogens is 254 g/mol. The third-order valence-electron chi connectivity index (χ3n) is 5.19. The summed E-state index contributed by atoms with van der Waals surface area (Å²) in [5, 5.41) is 3.03. The number of amides is 1. The first kappa shape index (κ1) is 13.3. The summed E-state index contributed by atoms with van der Waals surface area (Å²) in [6, 6.07) is 5.76. The lowest BCUT2D eigenvalue weighted by Gasteiger charge is -2.07. The topological polar surface area (TPSA) is 47.6 Å². The Kier molecular flexibility index (Phi) is 2.75. The average Bonchev–Trinajstić information content (AvgIpc) is 2.71. The zero-order valence-corrected chi connectivity index (χ0v) is 12.4. The number of benzene rings is 1. The van der Waals surface area contributed by atoms with Gasteiger partial charge in [-0.1, -0.05) is 33.8 Å². The van der Waals surface area contributed by atoms with E-state index in [9.17, 15) is 4.79 Å². The molecule has 0 saturated heterocycles. The van der Waals surface area contributed by atoms with E-state index >= 15 is 0 Å². The van der Waals surface area contributed by atoms with Gasteiger partial charge in [0.1, 0.15) is 0 Å². The molecule has 0 atom stereocenters. The van der Waals surface area contributed by atoms with Crippen LogP contribution in [0.5, 0.6) is 11.5 Å². The fourth-order valence-corrected chi connectivity index (χ4v) is 3.19. The first-order valence-corrected chi connectivity index (χ1v) is 7.00. The molecule has 1 aliphatic heterocycles. The standard InChI is InChI=1S/C16H21NO3/c1-15(2)13(16(15,3)4)14(18)17-8-10-5-6-11-12(7-10)20-9-19-11/h5-7,13H,8-9H2,1-4H3,(H,17,18). The normalized spacial score (nSPS) is 21.6. The number of carbonyl (C=O) groups is 1. The fourth-order valence-electron chi connectivity index (χ4n) is 3.19. The summed E-state index contributed by atoms with van der Waals surface area (Å²) >= 11 is 0. The maximum atomic E-state index is 12.3. The van der Waals surface area contributed by atoms with Crippen molar-refractivity contribution in [2.24, 2.45) is 16.7 Å². The highest BCUT2D eigenvalue weighted by atomic mass is 16.7. The Morgan fingerprint density at radius 1 is 1.20 bits per heavy atom. The van der Waals surface area contributed by atoms with Crippen molar-refractivity contribution in [3.63, 3.8) is 0 Å². The summed E-state index contributed by atoms with van der Waals surface area (Å²) in [4.78, 5) is 12.3. The predicted molar refractivity (Wildman–Crippen MR) is 75.5 cm³/mol. The Bertz CT molecular complexity index is 549. The van der Waals surface area contributed by atoms with Gasteiger partial charge < -0.3 is 14.8 Å². The van der Waals surface area contributed by atoms with Crippen LogP contribution < -0.4 is 14.8 Å². The summed E-state index contributed by atoms with van der Waals surface area (Å²) in [6.45, 7) is 9.40. The third-order valence-corrected chi connectivity index (χ3v) is 5.19.